The Kier molecular flexibility index (Phi) is 4.89. The Morgan fingerprint density at radius 2 is 1.81 bits per heavy atom. The van der Waals surface area contributed by atoms with Gasteiger partial charge in [0.15, 0.2) is 5.65 Å². The van der Waals surface area contributed by atoms with Gasteiger partial charge in [-0.25, -0.2) is 9.97 Å². The first-order valence-electron chi connectivity index (χ1n) is 8.58. The third-order valence-corrected chi connectivity index (χ3v) is 4.41. The summed E-state index contributed by atoms with van der Waals surface area (Å²) in [6, 6.07) is 7.02. The standard InChI is InChI=1S/C19H21F3N4/c1-3-4-5-17-25-16-10-15(23)12(2)24-18(16)26(17)11-13-6-8-14(9-7-13)19(20,21)22/h6-10H,3-5,11,23H2,1-2H3. The monoisotopic (exact) mass is 362 g/mol. The number of nitrogens with zero attached hydrogens (tertiary/aromatic N) is 3. The van der Waals surface area contributed by atoms with Gasteiger partial charge in [0.1, 0.15) is 11.3 Å². The van der Waals surface area contributed by atoms with E-state index in [9.17, 15) is 13.2 Å². The van der Waals surface area contributed by atoms with Gasteiger partial charge in [0.25, 0.3) is 0 Å². The second-order valence-electron chi connectivity index (χ2n) is 6.42. The Morgan fingerprint density at radius 3 is 2.42 bits per heavy atom. The molecule has 2 aromatic heterocycles. The fraction of sp³-hybridized carbons (Fsp3) is 0.368. The van der Waals surface area contributed by atoms with Crippen LogP contribution in [0.15, 0.2) is 30.3 Å². The number of benzene rings is 1. The van der Waals surface area contributed by atoms with Crippen LogP contribution in [0, 0.1) is 6.92 Å². The third kappa shape index (κ3) is 3.66. The minimum absolute atomic E-state index is 0.421. The van der Waals surface area contributed by atoms with Crippen LogP contribution in [0.1, 0.15) is 42.4 Å². The molecule has 0 aliphatic rings. The molecule has 3 aromatic rings. The summed E-state index contributed by atoms with van der Waals surface area (Å²) in [6.45, 7) is 4.35. The van der Waals surface area contributed by atoms with Gasteiger partial charge in [-0.05, 0) is 37.1 Å². The van der Waals surface area contributed by atoms with E-state index in [1.54, 1.807) is 6.07 Å². The largest absolute Gasteiger partial charge is 0.416 e. The number of hydrogen-bond acceptors (Lipinski definition) is 3. The van der Waals surface area contributed by atoms with E-state index in [1.165, 1.54) is 12.1 Å². The number of halogens is 3. The van der Waals surface area contributed by atoms with Crippen molar-refractivity contribution in [1.82, 2.24) is 14.5 Å². The lowest BCUT2D eigenvalue weighted by Crippen LogP contribution is -2.08. The lowest BCUT2D eigenvalue weighted by Gasteiger charge is -2.11. The maximum absolute atomic E-state index is 12.8. The van der Waals surface area contributed by atoms with E-state index in [0.29, 0.717) is 29.1 Å². The number of alkyl halides is 3. The minimum Gasteiger partial charge on any atom is -0.397 e. The van der Waals surface area contributed by atoms with Crippen molar-refractivity contribution in [3.63, 3.8) is 0 Å². The quantitative estimate of drug-likeness (QED) is 0.714. The molecule has 0 radical (unpaired) electrons. The van der Waals surface area contributed by atoms with Crippen LogP contribution in [0.5, 0.6) is 0 Å². The van der Waals surface area contributed by atoms with Crippen LogP contribution >= 0.6 is 0 Å². The summed E-state index contributed by atoms with van der Waals surface area (Å²) in [5.41, 5.74) is 8.78. The molecule has 0 fully saturated rings. The molecule has 3 rings (SSSR count). The van der Waals surface area contributed by atoms with Crippen molar-refractivity contribution in [1.29, 1.82) is 0 Å². The highest BCUT2D eigenvalue weighted by atomic mass is 19.4. The number of aryl methyl sites for hydroxylation is 2. The van der Waals surface area contributed by atoms with Crippen molar-refractivity contribution in [3.05, 3.63) is 53.0 Å². The zero-order valence-electron chi connectivity index (χ0n) is 14.8. The van der Waals surface area contributed by atoms with E-state index in [1.807, 2.05) is 11.5 Å². The summed E-state index contributed by atoms with van der Waals surface area (Å²) < 4.78 is 40.2. The first kappa shape index (κ1) is 18.2. The molecule has 0 atom stereocenters. The number of aromatic nitrogens is 3. The Bertz CT molecular complexity index is 911. The normalized spacial score (nSPS) is 12.0. The van der Waals surface area contributed by atoms with Crippen molar-refractivity contribution in [2.24, 2.45) is 0 Å². The number of pyridine rings is 1. The van der Waals surface area contributed by atoms with E-state index in [-0.39, 0.29) is 0 Å². The van der Waals surface area contributed by atoms with E-state index in [4.69, 9.17) is 5.73 Å². The molecule has 2 heterocycles. The van der Waals surface area contributed by atoms with Crippen LogP contribution in [0.3, 0.4) is 0 Å². The molecule has 0 saturated carbocycles. The lowest BCUT2D eigenvalue weighted by atomic mass is 10.1. The number of nitrogen functional groups attached to an aromatic ring is 1. The highest BCUT2D eigenvalue weighted by Gasteiger charge is 2.30. The van der Waals surface area contributed by atoms with Crippen LogP contribution < -0.4 is 5.73 Å². The molecule has 0 saturated heterocycles. The molecule has 2 N–H and O–H groups in total. The molecule has 0 aliphatic carbocycles. The average molecular weight is 362 g/mol. The average Bonchev–Trinajstić information content (AvgIpc) is 2.90. The highest BCUT2D eigenvalue weighted by Crippen LogP contribution is 2.29. The zero-order chi connectivity index (χ0) is 18.9. The second kappa shape index (κ2) is 6.97. The van der Waals surface area contributed by atoms with Crippen molar-refractivity contribution in [2.45, 2.75) is 45.8 Å². The van der Waals surface area contributed by atoms with Gasteiger partial charge < -0.3 is 10.3 Å². The molecule has 26 heavy (non-hydrogen) atoms. The van der Waals surface area contributed by atoms with Gasteiger partial charge >= 0.3 is 6.18 Å². The van der Waals surface area contributed by atoms with Gasteiger partial charge in [0.2, 0.25) is 0 Å². The molecular formula is C19H21F3N4. The van der Waals surface area contributed by atoms with Gasteiger partial charge in [0.05, 0.1) is 23.5 Å². The molecule has 138 valence electrons. The van der Waals surface area contributed by atoms with Crippen LogP contribution in [0.2, 0.25) is 0 Å². The van der Waals surface area contributed by atoms with Crippen LogP contribution in [-0.4, -0.2) is 14.5 Å². The molecule has 0 aliphatic heterocycles. The number of unbranched alkanes of at least 4 members (excludes halogenated alkanes) is 1. The van der Waals surface area contributed by atoms with Gasteiger partial charge in [0, 0.05) is 6.42 Å². The number of nitrogens with two attached hydrogens (primary N) is 1. The molecular weight excluding hydrogens is 341 g/mol. The highest BCUT2D eigenvalue weighted by molar-refractivity contribution is 5.76. The third-order valence-electron chi connectivity index (χ3n) is 4.41. The number of anilines is 1. The fourth-order valence-electron chi connectivity index (χ4n) is 2.87. The Hall–Kier alpha value is -2.57. The molecule has 0 amide bonds. The predicted octanol–water partition coefficient (Wildman–Crippen LogP) is 4.73. The molecule has 1 aromatic carbocycles. The van der Waals surface area contributed by atoms with E-state index < -0.39 is 11.7 Å². The minimum atomic E-state index is -4.33. The van der Waals surface area contributed by atoms with Crippen LogP contribution in [-0.2, 0) is 19.1 Å². The van der Waals surface area contributed by atoms with Crippen molar-refractivity contribution < 1.29 is 13.2 Å². The summed E-state index contributed by atoms with van der Waals surface area (Å²) in [6.07, 6.45) is -1.54. The van der Waals surface area contributed by atoms with Gasteiger partial charge in [-0.3, -0.25) is 0 Å². The summed E-state index contributed by atoms with van der Waals surface area (Å²) >= 11 is 0. The molecule has 0 spiro atoms. The summed E-state index contributed by atoms with van der Waals surface area (Å²) in [4.78, 5) is 9.20. The Morgan fingerprint density at radius 1 is 1.12 bits per heavy atom. The number of rotatable bonds is 5. The summed E-state index contributed by atoms with van der Waals surface area (Å²) in [7, 11) is 0. The number of imidazole rings is 1. The van der Waals surface area contributed by atoms with Crippen LogP contribution in [0.25, 0.3) is 11.2 Å². The van der Waals surface area contributed by atoms with E-state index >= 15 is 0 Å². The summed E-state index contributed by atoms with van der Waals surface area (Å²) in [5.74, 6) is 0.874. The first-order chi connectivity index (χ1) is 12.3. The molecule has 0 unspecified atom stereocenters. The SMILES string of the molecule is CCCCc1nc2cc(N)c(C)nc2n1Cc1ccc(C(F)(F)F)cc1. The van der Waals surface area contributed by atoms with Crippen molar-refractivity contribution in [3.8, 4) is 0 Å². The maximum Gasteiger partial charge on any atom is 0.416 e. The van der Waals surface area contributed by atoms with Crippen molar-refractivity contribution >= 4 is 16.9 Å². The van der Waals surface area contributed by atoms with Gasteiger partial charge in [-0.2, -0.15) is 13.2 Å². The van der Waals surface area contributed by atoms with Crippen LogP contribution in [0.4, 0.5) is 18.9 Å². The zero-order valence-corrected chi connectivity index (χ0v) is 14.8. The van der Waals surface area contributed by atoms with Gasteiger partial charge in [-0.15, -0.1) is 0 Å². The molecule has 7 heteroatoms. The Balaban J connectivity index is 2.00. The summed E-state index contributed by atoms with van der Waals surface area (Å²) in [5, 5.41) is 0. The topological polar surface area (TPSA) is 56.7 Å². The predicted molar refractivity (Wildman–Crippen MR) is 95.8 cm³/mol. The molecule has 4 nitrogen and oxygen atoms in total. The maximum atomic E-state index is 12.8. The first-order valence-corrected chi connectivity index (χ1v) is 8.58. The van der Waals surface area contributed by atoms with Crippen molar-refractivity contribution in [2.75, 3.05) is 5.73 Å². The smallest absolute Gasteiger partial charge is 0.397 e. The molecule has 0 bridgehead atoms. The second-order valence-corrected chi connectivity index (χ2v) is 6.42. The van der Waals surface area contributed by atoms with E-state index in [2.05, 4.69) is 16.9 Å². The van der Waals surface area contributed by atoms with E-state index in [0.717, 1.165) is 42.8 Å². The fourth-order valence-corrected chi connectivity index (χ4v) is 2.87. The number of fused-ring (bicyclic) bond motifs is 1. The Labute approximate surface area is 149 Å². The lowest BCUT2D eigenvalue weighted by molar-refractivity contribution is -0.137. The number of hydrogen-bond donors (Lipinski definition) is 1. The van der Waals surface area contributed by atoms with Gasteiger partial charge in [-0.1, -0.05) is 25.5 Å².